The second-order valence-electron chi connectivity index (χ2n) is 11.0. The predicted octanol–water partition coefficient (Wildman–Crippen LogP) is 4.78. The summed E-state index contributed by atoms with van der Waals surface area (Å²) in [6.07, 6.45) is 7.06. The fourth-order valence-corrected chi connectivity index (χ4v) is 6.40. The highest BCUT2D eigenvalue weighted by molar-refractivity contribution is 6.04. The molecule has 3 aliphatic heterocycles. The zero-order chi connectivity index (χ0) is 28.4. The monoisotopic (exact) mass is 560 g/mol. The second kappa shape index (κ2) is 9.79. The molecule has 0 saturated carbocycles. The average Bonchev–Trinajstić information content (AvgIpc) is 3.52. The standard InChI is InChI=1S/C31H27F3N4O3/c1-3-20-23(32)7-4-16-8-19(39)9-21(27(16)20)29-28(34)26-15(2)31(41-25-14-40-13-24(25)33)37-30(22(26)10-35-29)38-11-17-5-6-18(12-38)36-17/h1,4,7-10,17-18,24-25,36,39H,5-6,11-14H2,2H3/t17?,18?,24-,25-/m1/s1. The largest absolute Gasteiger partial charge is 0.508 e. The Bertz CT molecular complexity index is 1750. The number of fused-ring (bicyclic) bond motifs is 4. The quantitative estimate of drug-likeness (QED) is 0.348. The van der Waals surface area contributed by atoms with Gasteiger partial charge in [0.05, 0.1) is 18.8 Å². The molecular formula is C31H27F3N4O3. The molecule has 2 unspecified atom stereocenters. The fraction of sp³-hybridized carbons (Fsp3) is 0.355. The van der Waals surface area contributed by atoms with Gasteiger partial charge in [0.1, 0.15) is 23.1 Å². The molecular weight excluding hydrogens is 533 g/mol. The van der Waals surface area contributed by atoms with Crippen molar-refractivity contribution in [3.05, 3.63) is 53.2 Å². The number of aryl methyl sites for hydroxylation is 1. The number of terminal acetylenes is 1. The number of nitrogens with one attached hydrogen (secondary N) is 1. The number of halogens is 3. The van der Waals surface area contributed by atoms with Gasteiger partial charge in [-0.15, -0.1) is 6.42 Å². The van der Waals surface area contributed by atoms with Crippen LogP contribution in [-0.2, 0) is 4.74 Å². The number of phenolic OH excluding ortho intramolecular Hbond substituents is 1. The van der Waals surface area contributed by atoms with E-state index < -0.39 is 23.9 Å². The number of anilines is 1. The Balaban J connectivity index is 1.47. The van der Waals surface area contributed by atoms with Gasteiger partial charge >= 0.3 is 0 Å². The van der Waals surface area contributed by atoms with Crippen LogP contribution in [0.5, 0.6) is 11.6 Å². The van der Waals surface area contributed by atoms with E-state index in [1.165, 1.54) is 30.5 Å². The van der Waals surface area contributed by atoms with Gasteiger partial charge in [-0.1, -0.05) is 12.0 Å². The number of pyridine rings is 2. The maximum absolute atomic E-state index is 16.8. The molecule has 2 N–H and O–H groups in total. The molecule has 3 saturated heterocycles. The topological polar surface area (TPSA) is 79.7 Å². The van der Waals surface area contributed by atoms with Crippen LogP contribution in [0, 0.1) is 30.9 Å². The van der Waals surface area contributed by atoms with Crippen LogP contribution in [0.4, 0.5) is 19.0 Å². The normalized spacial score (nSPS) is 23.8. The number of piperazine rings is 1. The Morgan fingerprint density at radius 3 is 2.63 bits per heavy atom. The zero-order valence-electron chi connectivity index (χ0n) is 22.3. The third kappa shape index (κ3) is 4.23. The van der Waals surface area contributed by atoms with Crippen LogP contribution in [-0.4, -0.2) is 65.7 Å². The van der Waals surface area contributed by atoms with E-state index >= 15 is 4.39 Å². The van der Waals surface area contributed by atoms with E-state index in [-0.39, 0.29) is 64.5 Å². The molecule has 0 aliphatic carbocycles. The zero-order valence-corrected chi connectivity index (χ0v) is 22.3. The highest BCUT2D eigenvalue weighted by atomic mass is 19.1. The van der Waals surface area contributed by atoms with Gasteiger partial charge < -0.3 is 24.8 Å². The van der Waals surface area contributed by atoms with Crippen molar-refractivity contribution in [2.45, 2.75) is 44.1 Å². The third-order valence-corrected chi connectivity index (χ3v) is 8.36. The average molecular weight is 561 g/mol. The van der Waals surface area contributed by atoms with Gasteiger partial charge in [0, 0.05) is 58.7 Å². The lowest BCUT2D eigenvalue weighted by Crippen LogP contribution is -2.51. The molecule has 2 aromatic heterocycles. The van der Waals surface area contributed by atoms with Crippen LogP contribution in [0.25, 0.3) is 32.8 Å². The van der Waals surface area contributed by atoms with Crippen molar-refractivity contribution < 1.29 is 27.8 Å². The van der Waals surface area contributed by atoms with Crippen LogP contribution in [0.3, 0.4) is 0 Å². The third-order valence-electron chi connectivity index (χ3n) is 8.36. The minimum absolute atomic E-state index is 0.0542. The molecule has 3 aliphatic rings. The smallest absolute Gasteiger partial charge is 0.219 e. The number of ether oxygens (including phenoxy) is 2. The van der Waals surface area contributed by atoms with Gasteiger partial charge in [0.2, 0.25) is 5.88 Å². The molecule has 0 radical (unpaired) electrons. The van der Waals surface area contributed by atoms with Crippen LogP contribution in [0.2, 0.25) is 0 Å². The van der Waals surface area contributed by atoms with Crippen molar-refractivity contribution in [2.24, 2.45) is 0 Å². The Labute approximate surface area is 234 Å². The lowest BCUT2D eigenvalue weighted by atomic mass is 9.95. The first-order valence-electron chi connectivity index (χ1n) is 13.6. The molecule has 3 fully saturated rings. The van der Waals surface area contributed by atoms with Crippen LogP contribution in [0.15, 0.2) is 30.5 Å². The lowest BCUT2D eigenvalue weighted by Gasteiger charge is -2.35. The Kier molecular flexibility index (Phi) is 6.17. The van der Waals surface area contributed by atoms with Gasteiger partial charge in [-0.2, -0.15) is 4.98 Å². The number of aromatic nitrogens is 2. The Morgan fingerprint density at radius 2 is 1.93 bits per heavy atom. The highest BCUT2D eigenvalue weighted by Crippen LogP contribution is 2.42. The number of nitrogens with zero attached hydrogens (tertiary/aromatic N) is 3. The van der Waals surface area contributed by atoms with E-state index in [2.05, 4.69) is 21.1 Å². The van der Waals surface area contributed by atoms with Gasteiger partial charge in [0.25, 0.3) is 0 Å². The van der Waals surface area contributed by atoms with Crippen molar-refractivity contribution >= 4 is 27.4 Å². The number of hydrogen-bond acceptors (Lipinski definition) is 7. The summed E-state index contributed by atoms with van der Waals surface area (Å²) in [5.41, 5.74) is 0.358. The molecule has 41 heavy (non-hydrogen) atoms. The molecule has 10 heteroatoms. The SMILES string of the molecule is C#Cc1c(F)ccc2cc(O)cc(-c3ncc4c(N5CC6CCC(C5)N6)nc(O[C@@H]5COC[C@H]5F)c(C)c4c3F)c12. The first-order valence-corrected chi connectivity index (χ1v) is 13.6. The Hall–Kier alpha value is -4.07. The summed E-state index contributed by atoms with van der Waals surface area (Å²) < 4.78 is 57.3. The van der Waals surface area contributed by atoms with Crippen molar-refractivity contribution in [2.75, 3.05) is 31.2 Å². The van der Waals surface area contributed by atoms with Gasteiger partial charge in [-0.25, -0.2) is 13.2 Å². The molecule has 2 bridgehead atoms. The van der Waals surface area contributed by atoms with Crippen molar-refractivity contribution in [1.82, 2.24) is 15.3 Å². The Morgan fingerprint density at radius 1 is 1.15 bits per heavy atom. The van der Waals surface area contributed by atoms with Gasteiger partial charge in [0.15, 0.2) is 18.1 Å². The van der Waals surface area contributed by atoms with Crippen molar-refractivity contribution in [3.8, 4) is 35.2 Å². The molecule has 0 amide bonds. The van der Waals surface area contributed by atoms with E-state index in [1.54, 1.807) is 6.92 Å². The summed E-state index contributed by atoms with van der Waals surface area (Å²) in [4.78, 5) is 11.4. The first kappa shape index (κ1) is 25.9. The number of benzene rings is 2. The van der Waals surface area contributed by atoms with Crippen LogP contribution in [0.1, 0.15) is 24.0 Å². The molecule has 5 heterocycles. The molecule has 4 aromatic rings. The summed E-state index contributed by atoms with van der Waals surface area (Å²) in [7, 11) is 0. The summed E-state index contributed by atoms with van der Waals surface area (Å²) in [5, 5.41) is 15.4. The number of hydrogen-bond donors (Lipinski definition) is 2. The van der Waals surface area contributed by atoms with Crippen molar-refractivity contribution in [3.63, 3.8) is 0 Å². The molecule has 7 nitrogen and oxygen atoms in total. The molecule has 4 atom stereocenters. The summed E-state index contributed by atoms with van der Waals surface area (Å²) in [5.74, 6) is 1.49. The maximum Gasteiger partial charge on any atom is 0.219 e. The van der Waals surface area contributed by atoms with Gasteiger partial charge in [-0.05, 0) is 43.4 Å². The number of phenols is 1. The molecule has 2 aromatic carbocycles. The maximum atomic E-state index is 16.8. The summed E-state index contributed by atoms with van der Waals surface area (Å²) in [6.45, 7) is 2.99. The van der Waals surface area contributed by atoms with Gasteiger partial charge in [-0.3, -0.25) is 4.98 Å². The number of alkyl halides is 1. The minimum Gasteiger partial charge on any atom is -0.508 e. The summed E-state index contributed by atoms with van der Waals surface area (Å²) >= 11 is 0. The number of rotatable bonds is 4. The lowest BCUT2D eigenvalue weighted by molar-refractivity contribution is 0.123. The second-order valence-corrected chi connectivity index (χ2v) is 11.0. The first-order chi connectivity index (χ1) is 19.8. The predicted molar refractivity (Wildman–Crippen MR) is 149 cm³/mol. The van der Waals surface area contributed by atoms with E-state index in [4.69, 9.17) is 20.9 Å². The fourth-order valence-electron chi connectivity index (χ4n) is 6.40. The van der Waals surface area contributed by atoms with E-state index in [0.717, 1.165) is 12.8 Å². The molecule has 7 rings (SSSR count). The van der Waals surface area contributed by atoms with Crippen LogP contribution >= 0.6 is 0 Å². The van der Waals surface area contributed by atoms with Crippen molar-refractivity contribution in [1.29, 1.82) is 0 Å². The van der Waals surface area contributed by atoms with Crippen LogP contribution < -0.4 is 15.0 Å². The minimum atomic E-state index is -1.33. The summed E-state index contributed by atoms with van der Waals surface area (Å²) in [6, 6.07) is 6.01. The number of aromatic hydroxyl groups is 1. The molecule has 0 spiro atoms. The highest BCUT2D eigenvalue weighted by Gasteiger charge is 2.36. The van der Waals surface area contributed by atoms with E-state index in [0.29, 0.717) is 35.2 Å². The van der Waals surface area contributed by atoms with E-state index in [9.17, 15) is 13.9 Å². The molecule has 210 valence electrons. The van der Waals surface area contributed by atoms with E-state index in [1.807, 2.05) is 0 Å².